The van der Waals surface area contributed by atoms with Gasteiger partial charge in [0.1, 0.15) is 11.9 Å². The summed E-state index contributed by atoms with van der Waals surface area (Å²) >= 11 is 0. The summed E-state index contributed by atoms with van der Waals surface area (Å²) in [5.41, 5.74) is 5.05. The molecule has 1 aromatic carbocycles. The van der Waals surface area contributed by atoms with Gasteiger partial charge in [0.25, 0.3) is 0 Å². The van der Waals surface area contributed by atoms with E-state index in [2.05, 4.69) is 79.4 Å². The maximum absolute atomic E-state index is 6.51. The third kappa shape index (κ3) is 3.37. The number of nitrogens with zero attached hydrogens (tertiary/aromatic N) is 2. The van der Waals surface area contributed by atoms with E-state index >= 15 is 0 Å². The van der Waals surface area contributed by atoms with Crippen molar-refractivity contribution in [3.63, 3.8) is 0 Å². The molecule has 3 atom stereocenters. The van der Waals surface area contributed by atoms with E-state index in [9.17, 15) is 0 Å². The topological polar surface area (TPSA) is 27.1 Å². The summed E-state index contributed by atoms with van der Waals surface area (Å²) in [5.74, 6) is 1.91. The standard InChI is InChI=1S/C26H30N2O/c1-3-21-14-13-20-15-18(2)16-22(26(20)29-21)25(19-9-5-4-6-10-19)28-17-27-23-11-7-8-12-24(23)28/h3,7-8,11-17,19-20,25-26H,4-6,9-10H2,1-2H3/b21-3-. The van der Waals surface area contributed by atoms with Gasteiger partial charge in [-0.05, 0) is 62.5 Å². The normalized spacial score (nSPS) is 27.3. The van der Waals surface area contributed by atoms with Crippen LogP contribution in [0.25, 0.3) is 11.0 Å². The summed E-state index contributed by atoms with van der Waals surface area (Å²) in [5, 5.41) is 0. The summed E-state index contributed by atoms with van der Waals surface area (Å²) in [4.78, 5) is 4.74. The summed E-state index contributed by atoms with van der Waals surface area (Å²) in [6, 6.07) is 8.82. The molecule has 3 unspecified atom stereocenters. The van der Waals surface area contributed by atoms with Gasteiger partial charge >= 0.3 is 0 Å². The Morgan fingerprint density at radius 1 is 1.17 bits per heavy atom. The molecule has 1 fully saturated rings. The minimum absolute atomic E-state index is 0.0722. The first-order valence-corrected chi connectivity index (χ1v) is 11.1. The molecule has 1 saturated carbocycles. The van der Waals surface area contributed by atoms with Gasteiger partial charge < -0.3 is 9.30 Å². The van der Waals surface area contributed by atoms with Gasteiger partial charge in [-0.15, -0.1) is 0 Å². The molecule has 29 heavy (non-hydrogen) atoms. The fourth-order valence-electron chi connectivity index (χ4n) is 5.43. The predicted octanol–water partition coefficient (Wildman–Crippen LogP) is 6.52. The van der Waals surface area contributed by atoms with Gasteiger partial charge in [0.15, 0.2) is 0 Å². The van der Waals surface area contributed by atoms with E-state index < -0.39 is 0 Å². The summed E-state index contributed by atoms with van der Waals surface area (Å²) < 4.78 is 8.94. The average Bonchev–Trinajstić information content (AvgIpc) is 3.18. The number of imidazole rings is 1. The SMILES string of the molecule is C/C=C1/C=CC2C=C(C)C=C(C(C3CCCCC3)n3cnc4ccccc43)C2O1. The van der Waals surface area contributed by atoms with Gasteiger partial charge in [-0.25, -0.2) is 4.98 Å². The Bertz CT molecular complexity index is 1020. The van der Waals surface area contributed by atoms with E-state index in [-0.39, 0.29) is 6.10 Å². The zero-order valence-electron chi connectivity index (χ0n) is 17.4. The number of hydrogen-bond acceptors (Lipinski definition) is 2. The number of ether oxygens (including phenoxy) is 1. The maximum atomic E-state index is 6.51. The van der Waals surface area contributed by atoms with E-state index in [1.807, 2.05) is 0 Å². The number of allylic oxidation sites excluding steroid dienone is 4. The molecule has 3 aliphatic rings. The lowest BCUT2D eigenvalue weighted by molar-refractivity contribution is 0.104. The first-order chi connectivity index (χ1) is 14.2. The van der Waals surface area contributed by atoms with E-state index in [0.717, 1.165) is 11.3 Å². The highest BCUT2D eigenvalue weighted by atomic mass is 16.5. The third-order valence-electron chi connectivity index (χ3n) is 6.78. The van der Waals surface area contributed by atoms with Crippen molar-refractivity contribution < 1.29 is 4.74 Å². The number of aromatic nitrogens is 2. The van der Waals surface area contributed by atoms with Crippen LogP contribution in [0, 0.1) is 11.8 Å². The number of hydrogen-bond donors (Lipinski definition) is 0. The van der Waals surface area contributed by atoms with Crippen molar-refractivity contribution in [1.82, 2.24) is 9.55 Å². The Labute approximate surface area is 173 Å². The molecule has 1 aliphatic heterocycles. The molecule has 2 aliphatic carbocycles. The van der Waals surface area contributed by atoms with E-state index in [0.29, 0.717) is 17.9 Å². The zero-order valence-corrected chi connectivity index (χ0v) is 17.4. The molecular formula is C26H30N2O. The molecule has 150 valence electrons. The van der Waals surface area contributed by atoms with Crippen molar-refractivity contribution >= 4 is 11.0 Å². The number of para-hydroxylation sites is 2. The fraction of sp³-hybridized carbons (Fsp3) is 0.423. The highest BCUT2D eigenvalue weighted by Gasteiger charge is 2.38. The van der Waals surface area contributed by atoms with Crippen molar-refractivity contribution in [3.8, 4) is 0 Å². The number of rotatable bonds is 3. The van der Waals surface area contributed by atoms with Gasteiger partial charge in [0.2, 0.25) is 0 Å². The molecule has 0 amide bonds. The molecule has 3 heteroatoms. The molecule has 0 spiro atoms. The van der Waals surface area contributed by atoms with Crippen molar-refractivity contribution in [3.05, 3.63) is 77.9 Å². The summed E-state index contributed by atoms with van der Waals surface area (Å²) in [6.07, 6.45) is 19.9. The Kier molecular flexibility index (Phi) is 4.91. The van der Waals surface area contributed by atoms with Gasteiger partial charge in [-0.3, -0.25) is 0 Å². The molecule has 0 bridgehead atoms. The fourth-order valence-corrected chi connectivity index (χ4v) is 5.43. The van der Waals surface area contributed by atoms with Crippen molar-refractivity contribution in [2.24, 2.45) is 11.8 Å². The smallest absolute Gasteiger partial charge is 0.132 e. The second-order valence-electron chi connectivity index (χ2n) is 8.70. The Morgan fingerprint density at radius 3 is 2.83 bits per heavy atom. The van der Waals surface area contributed by atoms with Gasteiger partial charge in [-0.1, -0.05) is 55.2 Å². The van der Waals surface area contributed by atoms with Crippen LogP contribution in [-0.4, -0.2) is 15.7 Å². The Hall–Kier alpha value is -2.55. The molecule has 2 heterocycles. The lowest BCUT2D eigenvalue weighted by Gasteiger charge is -2.41. The molecule has 0 radical (unpaired) electrons. The summed E-state index contributed by atoms with van der Waals surface area (Å²) in [6.45, 7) is 4.27. The molecule has 5 rings (SSSR count). The van der Waals surface area contributed by atoms with Crippen LogP contribution in [0.15, 0.2) is 77.9 Å². The first kappa shape index (κ1) is 18.5. The van der Waals surface area contributed by atoms with Gasteiger partial charge in [0, 0.05) is 5.92 Å². The Balaban J connectivity index is 1.64. The van der Waals surface area contributed by atoms with Crippen molar-refractivity contribution in [1.29, 1.82) is 0 Å². The highest BCUT2D eigenvalue weighted by Crippen LogP contribution is 2.45. The average molecular weight is 387 g/mol. The van der Waals surface area contributed by atoms with E-state index in [4.69, 9.17) is 9.72 Å². The van der Waals surface area contributed by atoms with E-state index in [1.54, 1.807) is 0 Å². The monoisotopic (exact) mass is 386 g/mol. The van der Waals surface area contributed by atoms with Gasteiger partial charge in [0.05, 0.1) is 23.4 Å². The molecule has 3 nitrogen and oxygen atoms in total. The van der Waals surface area contributed by atoms with Crippen LogP contribution in [0.3, 0.4) is 0 Å². The van der Waals surface area contributed by atoms with Crippen LogP contribution in [0.1, 0.15) is 52.0 Å². The molecular weight excluding hydrogens is 356 g/mol. The van der Waals surface area contributed by atoms with Gasteiger partial charge in [-0.2, -0.15) is 0 Å². The largest absolute Gasteiger partial charge is 0.485 e. The second-order valence-corrected chi connectivity index (χ2v) is 8.70. The van der Waals surface area contributed by atoms with Crippen molar-refractivity contribution in [2.45, 2.75) is 58.1 Å². The van der Waals surface area contributed by atoms with Crippen LogP contribution >= 0.6 is 0 Å². The molecule has 0 N–H and O–H groups in total. The molecule has 1 aromatic heterocycles. The molecule has 2 aromatic rings. The minimum atomic E-state index is 0.0722. The van der Waals surface area contributed by atoms with E-state index in [1.165, 1.54) is 48.8 Å². The molecule has 0 saturated heterocycles. The zero-order chi connectivity index (χ0) is 19.8. The highest BCUT2D eigenvalue weighted by molar-refractivity contribution is 5.75. The van der Waals surface area contributed by atoms with Crippen LogP contribution in [0.2, 0.25) is 0 Å². The number of fused-ring (bicyclic) bond motifs is 2. The second kappa shape index (κ2) is 7.70. The van der Waals surface area contributed by atoms with Crippen molar-refractivity contribution in [2.75, 3.05) is 0 Å². The number of benzene rings is 1. The third-order valence-corrected chi connectivity index (χ3v) is 6.78. The summed E-state index contributed by atoms with van der Waals surface area (Å²) in [7, 11) is 0. The lowest BCUT2D eigenvalue weighted by Crippen LogP contribution is -2.36. The van der Waals surface area contributed by atoms with Crippen LogP contribution in [0.5, 0.6) is 0 Å². The quantitative estimate of drug-likeness (QED) is 0.600. The maximum Gasteiger partial charge on any atom is 0.132 e. The Morgan fingerprint density at radius 2 is 2.00 bits per heavy atom. The lowest BCUT2D eigenvalue weighted by atomic mass is 9.75. The first-order valence-electron chi connectivity index (χ1n) is 11.1. The predicted molar refractivity (Wildman–Crippen MR) is 118 cm³/mol. The van der Waals surface area contributed by atoms with Crippen LogP contribution < -0.4 is 0 Å². The van der Waals surface area contributed by atoms with Crippen LogP contribution in [0.4, 0.5) is 0 Å². The van der Waals surface area contributed by atoms with Crippen LogP contribution in [-0.2, 0) is 4.74 Å². The minimum Gasteiger partial charge on any atom is -0.485 e.